The number of fused-ring (bicyclic) bond motifs is 1. The highest BCUT2D eigenvalue weighted by Crippen LogP contribution is 2.35. The van der Waals surface area contributed by atoms with E-state index in [4.69, 9.17) is 0 Å². The zero-order valence-electron chi connectivity index (χ0n) is 11.7. The Balaban J connectivity index is 1.99. The van der Waals surface area contributed by atoms with E-state index in [-0.39, 0.29) is 30.1 Å². The Labute approximate surface area is 117 Å². The summed E-state index contributed by atoms with van der Waals surface area (Å²) >= 11 is 0. The first-order valence-corrected chi connectivity index (χ1v) is 6.91. The molecular formula is C16H17NO3. The predicted molar refractivity (Wildman–Crippen MR) is 73.2 cm³/mol. The highest BCUT2D eigenvalue weighted by molar-refractivity contribution is 6.14. The summed E-state index contributed by atoms with van der Waals surface area (Å²) < 4.78 is 0. The van der Waals surface area contributed by atoms with Crippen molar-refractivity contribution in [1.82, 2.24) is 4.90 Å². The fourth-order valence-corrected chi connectivity index (χ4v) is 2.74. The van der Waals surface area contributed by atoms with Gasteiger partial charge in [-0.05, 0) is 38.3 Å². The van der Waals surface area contributed by atoms with Crippen molar-refractivity contribution in [2.75, 3.05) is 6.54 Å². The van der Waals surface area contributed by atoms with E-state index in [1.165, 1.54) is 0 Å². The van der Waals surface area contributed by atoms with Crippen LogP contribution in [-0.4, -0.2) is 29.0 Å². The average molecular weight is 271 g/mol. The number of carbonyl (C=O) groups is 3. The molecule has 1 aliphatic carbocycles. The molecular weight excluding hydrogens is 254 g/mol. The van der Waals surface area contributed by atoms with E-state index in [0.717, 1.165) is 23.3 Å². The Morgan fingerprint density at radius 2 is 1.90 bits per heavy atom. The topological polar surface area (TPSA) is 54.5 Å². The van der Waals surface area contributed by atoms with Gasteiger partial charge in [0, 0.05) is 11.5 Å². The second kappa shape index (κ2) is 4.27. The van der Waals surface area contributed by atoms with Gasteiger partial charge in [0.05, 0.1) is 12.0 Å². The minimum Gasteiger partial charge on any atom is -0.297 e. The molecule has 4 nitrogen and oxygen atoms in total. The highest BCUT2D eigenvalue weighted by atomic mass is 16.2. The van der Waals surface area contributed by atoms with E-state index in [1.807, 2.05) is 12.1 Å². The second-order valence-corrected chi connectivity index (χ2v) is 6.11. The Bertz CT molecular complexity index is 614. The van der Waals surface area contributed by atoms with Crippen LogP contribution in [0.25, 0.3) is 0 Å². The van der Waals surface area contributed by atoms with Gasteiger partial charge in [-0.1, -0.05) is 18.2 Å². The second-order valence-electron chi connectivity index (χ2n) is 6.11. The van der Waals surface area contributed by atoms with E-state index in [2.05, 4.69) is 0 Å². The Hall–Kier alpha value is -1.97. The minimum absolute atomic E-state index is 0.00174. The van der Waals surface area contributed by atoms with Gasteiger partial charge in [0.1, 0.15) is 0 Å². The summed E-state index contributed by atoms with van der Waals surface area (Å²) in [6, 6.07) is 7.14. The quantitative estimate of drug-likeness (QED) is 0.789. The van der Waals surface area contributed by atoms with Crippen molar-refractivity contribution in [3.8, 4) is 0 Å². The van der Waals surface area contributed by atoms with Crippen LogP contribution in [0.15, 0.2) is 24.3 Å². The molecule has 20 heavy (non-hydrogen) atoms. The molecule has 104 valence electrons. The molecule has 0 bridgehead atoms. The Kier molecular flexibility index (Phi) is 2.78. The molecule has 2 aliphatic rings. The summed E-state index contributed by atoms with van der Waals surface area (Å²) in [4.78, 5) is 38.1. The van der Waals surface area contributed by atoms with Crippen LogP contribution in [0.5, 0.6) is 0 Å². The lowest BCUT2D eigenvalue weighted by Gasteiger charge is -2.37. The lowest BCUT2D eigenvalue weighted by Crippen LogP contribution is -2.53. The molecule has 1 aliphatic heterocycles. The summed E-state index contributed by atoms with van der Waals surface area (Å²) in [6.45, 7) is 3.52. The van der Waals surface area contributed by atoms with Crippen molar-refractivity contribution in [3.63, 3.8) is 0 Å². The van der Waals surface area contributed by atoms with Crippen LogP contribution in [0.3, 0.4) is 0 Å². The maximum atomic E-state index is 12.6. The lowest BCUT2D eigenvalue weighted by molar-refractivity contribution is -0.137. The van der Waals surface area contributed by atoms with Crippen molar-refractivity contribution in [2.45, 2.75) is 32.1 Å². The van der Waals surface area contributed by atoms with Gasteiger partial charge in [-0.3, -0.25) is 19.3 Å². The predicted octanol–water partition coefficient (Wildman–Crippen LogP) is 1.93. The molecule has 0 spiro atoms. The van der Waals surface area contributed by atoms with E-state index >= 15 is 0 Å². The van der Waals surface area contributed by atoms with E-state index in [1.54, 1.807) is 26.0 Å². The number of amides is 2. The summed E-state index contributed by atoms with van der Waals surface area (Å²) in [7, 11) is 0. The van der Waals surface area contributed by atoms with Crippen LogP contribution in [0.4, 0.5) is 0 Å². The molecule has 0 atom stereocenters. The van der Waals surface area contributed by atoms with Gasteiger partial charge in [-0.25, -0.2) is 0 Å². The van der Waals surface area contributed by atoms with E-state index in [9.17, 15) is 14.4 Å². The van der Waals surface area contributed by atoms with Gasteiger partial charge >= 0.3 is 0 Å². The highest BCUT2D eigenvalue weighted by Gasteiger charge is 2.45. The molecule has 1 aromatic rings. The minimum atomic E-state index is -0.770. The smallest absolute Gasteiger partial charge is 0.261 e. The van der Waals surface area contributed by atoms with Crippen molar-refractivity contribution in [2.24, 2.45) is 5.92 Å². The summed E-state index contributed by atoms with van der Waals surface area (Å²) in [5.74, 6) is -0.577. The van der Waals surface area contributed by atoms with Crippen LogP contribution < -0.4 is 0 Å². The summed E-state index contributed by atoms with van der Waals surface area (Å²) in [5.41, 5.74) is 0.500. The molecule has 2 amide bonds. The number of carbonyl (C=O) groups excluding carboxylic acids is 3. The van der Waals surface area contributed by atoms with Crippen molar-refractivity contribution >= 4 is 17.6 Å². The molecule has 1 fully saturated rings. The third-order valence-corrected chi connectivity index (χ3v) is 4.20. The summed E-state index contributed by atoms with van der Waals surface area (Å²) in [5, 5.41) is 0. The number of Topliss-reactive ketones (excluding diaryl/α,β-unsaturated/α-hetero) is 1. The number of nitrogens with zero attached hydrogens (tertiary/aromatic N) is 1. The number of hydrogen-bond donors (Lipinski definition) is 0. The maximum Gasteiger partial charge on any atom is 0.261 e. The molecule has 0 aromatic heterocycles. The van der Waals surface area contributed by atoms with Crippen LogP contribution >= 0.6 is 0 Å². The molecule has 0 radical (unpaired) electrons. The number of imide groups is 1. The van der Waals surface area contributed by atoms with Crippen LogP contribution in [0, 0.1) is 5.92 Å². The normalized spacial score (nSPS) is 20.8. The SMILES string of the molecule is CC1(C)C(=O)N(CC(=O)C2CC2)C(=O)c2ccccc21. The fourth-order valence-electron chi connectivity index (χ4n) is 2.74. The maximum absolute atomic E-state index is 12.6. The number of benzene rings is 1. The van der Waals surface area contributed by atoms with Crippen LogP contribution in [-0.2, 0) is 15.0 Å². The fraction of sp³-hybridized carbons (Fsp3) is 0.438. The molecule has 1 aromatic carbocycles. The lowest BCUT2D eigenvalue weighted by atomic mass is 9.77. The Morgan fingerprint density at radius 1 is 1.25 bits per heavy atom. The molecule has 3 rings (SSSR count). The van der Waals surface area contributed by atoms with Crippen LogP contribution in [0.2, 0.25) is 0 Å². The molecule has 0 N–H and O–H groups in total. The van der Waals surface area contributed by atoms with Crippen LogP contribution in [0.1, 0.15) is 42.6 Å². The number of rotatable bonds is 3. The van der Waals surface area contributed by atoms with Gasteiger partial charge in [0.15, 0.2) is 5.78 Å². The first-order valence-electron chi connectivity index (χ1n) is 6.91. The van der Waals surface area contributed by atoms with Gasteiger partial charge in [-0.2, -0.15) is 0 Å². The number of hydrogen-bond acceptors (Lipinski definition) is 3. The van der Waals surface area contributed by atoms with Crippen molar-refractivity contribution < 1.29 is 14.4 Å². The third kappa shape index (κ3) is 1.87. The Morgan fingerprint density at radius 3 is 2.55 bits per heavy atom. The molecule has 0 unspecified atom stereocenters. The molecule has 4 heteroatoms. The van der Waals surface area contributed by atoms with Crippen molar-refractivity contribution in [3.05, 3.63) is 35.4 Å². The standard InChI is InChI=1S/C16H17NO3/c1-16(2)12-6-4-3-5-11(12)14(19)17(15(16)20)9-13(18)10-7-8-10/h3-6,10H,7-9H2,1-2H3. The zero-order chi connectivity index (χ0) is 14.5. The van der Waals surface area contributed by atoms with Gasteiger partial charge in [0.25, 0.3) is 5.91 Å². The first-order chi connectivity index (χ1) is 9.43. The van der Waals surface area contributed by atoms with E-state index < -0.39 is 5.41 Å². The van der Waals surface area contributed by atoms with Gasteiger partial charge < -0.3 is 0 Å². The molecule has 1 saturated carbocycles. The largest absolute Gasteiger partial charge is 0.297 e. The molecule has 1 heterocycles. The van der Waals surface area contributed by atoms with Gasteiger partial charge in [-0.15, -0.1) is 0 Å². The monoisotopic (exact) mass is 271 g/mol. The molecule has 0 saturated heterocycles. The zero-order valence-corrected chi connectivity index (χ0v) is 11.7. The van der Waals surface area contributed by atoms with Gasteiger partial charge in [0.2, 0.25) is 5.91 Å². The van der Waals surface area contributed by atoms with E-state index in [0.29, 0.717) is 5.56 Å². The number of ketones is 1. The van der Waals surface area contributed by atoms with Crippen molar-refractivity contribution in [1.29, 1.82) is 0 Å². The summed E-state index contributed by atoms with van der Waals surface area (Å²) in [6.07, 6.45) is 1.77. The third-order valence-electron chi connectivity index (χ3n) is 4.20. The first kappa shape index (κ1) is 13.0. The average Bonchev–Trinajstić information content (AvgIpc) is 3.26.